The van der Waals surface area contributed by atoms with Crippen LogP contribution >= 0.6 is 11.6 Å². The van der Waals surface area contributed by atoms with E-state index in [1.54, 1.807) is 23.1 Å². The van der Waals surface area contributed by atoms with Crippen molar-refractivity contribution in [2.75, 3.05) is 11.4 Å². The Morgan fingerprint density at radius 1 is 1.00 bits per heavy atom. The molecular formula is C22H18ClNO2. The van der Waals surface area contributed by atoms with E-state index in [0.29, 0.717) is 29.5 Å². The van der Waals surface area contributed by atoms with Crippen molar-refractivity contribution < 1.29 is 9.53 Å². The maximum atomic E-state index is 13.2. The molecule has 1 aliphatic heterocycles. The highest BCUT2D eigenvalue weighted by Crippen LogP contribution is 2.32. The van der Waals surface area contributed by atoms with Crippen LogP contribution < -0.4 is 9.64 Å². The summed E-state index contributed by atoms with van der Waals surface area (Å²) in [5.74, 6) is 0.466. The molecule has 0 unspecified atom stereocenters. The van der Waals surface area contributed by atoms with Gasteiger partial charge < -0.3 is 9.64 Å². The normalized spacial score (nSPS) is 12.7. The molecule has 0 spiro atoms. The lowest BCUT2D eigenvalue weighted by atomic mass is 10.1. The Morgan fingerprint density at radius 3 is 2.62 bits per heavy atom. The number of nitrogens with zero attached hydrogens (tertiary/aromatic N) is 1. The van der Waals surface area contributed by atoms with Crippen LogP contribution in [0.3, 0.4) is 0 Å². The van der Waals surface area contributed by atoms with Gasteiger partial charge in [0.05, 0.1) is 5.56 Å². The van der Waals surface area contributed by atoms with Gasteiger partial charge in [-0.25, -0.2) is 0 Å². The standard InChI is InChI=1S/C22H18ClNO2/c23-18-10-11-21(26-15-16-6-2-1-3-7-16)19(14-18)22(25)24-13-12-17-8-4-5-9-20(17)24/h1-11,14H,12-13,15H2. The molecule has 3 aromatic rings. The van der Waals surface area contributed by atoms with Crippen LogP contribution in [0.5, 0.6) is 5.75 Å². The van der Waals surface area contributed by atoms with Crippen molar-refractivity contribution in [1.82, 2.24) is 0 Å². The third kappa shape index (κ3) is 3.31. The fourth-order valence-corrected chi connectivity index (χ4v) is 3.40. The molecule has 3 aromatic carbocycles. The van der Waals surface area contributed by atoms with Gasteiger partial charge in [-0.15, -0.1) is 0 Å². The van der Waals surface area contributed by atoms with Crippen LogP contribution in [0.4, 0.5) is 5.69 Å². The number of amides is 1. The molecule has 0 aromatic heterocycles. The lowest BCUT2D eigenvalue weighted by molar-refractivity contribution is 0.0985. The smallest absolute Gasteiger partial charge is 0.262 e. The van der Waals surface area contributed by atoms with Gasteiger partial charge in [-0.1, -0.05) is 60.1 Å². The van der Waals surface area contributed by atoms with E-state index >= 15 is 0 Å². The molecule has 26 heavy (non-hydrogen) atoms. The van der Waals surface area contributed by atoms with Crippen LogP contribution in [0.2, 0.25) is 5.02 Å². The molecule has 4 heteroatoms. The van der Waals surface area contributed by atoms with E-state index in [-0.39, 0.29) is 5.91 Å². The lowest BCUT2D eigenvalue weighted by Gasteiger charge is -2.19. The quantitative estimate of drug-likeness (QED) is 0.643. The van der Waals surface area contributed by atoms with Gasteiger partial charge in [0.2, 0.25) is 0 Å². The highest BCUT2D eigenvalue weighted by molar-refractivity contribution is 6.31. The minimum Gasteiger partial charge on any atom is -0.488 e. The SMILES string of the molecule is O=C(c1cc(Cl)ccc1OCc1ccccc1)N1CCc2ccccc21. The predicted octanol–water partition coefficient (Wildman–Crippen LogP) is 5.12. The zero-order chi connectivity index (χ0) is 17.9. The Morgan fingerprint density at radius 2 is 1.77 bits per heavy atom. The number of benzene rings is 3. The maximum absolute atomic E-state index is 13.2. The molecule has 1 aliphatic rings. The minimum absolute atomic E-state index is 0.0829. The number of carbonyl (C=O) groups excluding carboxylic acids is 1. The third-order valence-electron chi connectivity index (χ3n) is 4.54. The Kier molecular flexibility index (Phi) is 4.63. The average Bonchev–Trinajstić information content (AvgIpc) is 3.11. The fourth-order valence-electron chi connectivity index (χ4n) is 3.23. The fraction of sp³-hybridized carbons (Fsp3) is 0.136. The molecule has 4 rings (SSSR count). The summed E-state index contributed by atoms with van der Waals surface area (Å²) in [6, 6.07) is 23.1. The van der Waals surface area contributed by atoms with E-state index in [9.17, 15) is 4.79 Å². The Labute approximate surface area is 157 Å². The molecule has 0 fully saturated rings. The molecule has 1 heterocycles. The molecule has 0 radical (unpaired) electrons. The summed E-state index contributed by atoms with van der Waals surface area (Å²) < 4.78 is 5.94. The predicted molar refractivity (Wildman–Crippen MR) is 104 cm³/mol. The molecule has 0 aliphatic carbocycles. The zero-order valence-corrected chi connectivity index (χ0v) is 14.9. The summed E-state index contributed by atoms with van der Waals surface area (Å²) in [6.07, 6.45) is 0.864. The number of hydrogen-bond acceptors (Lipinski definition) is 2. The van der Waals surface area contributed by atoms with Gasteiger partial charge in [0, 0.05) is 17.3 Å². The number of hydrogen-bond donors (Lipinski definition) is 0. The maximum Gasteiger partial charge on any atom is 0.262 e. The van der Waals surface area contributed by atoms with Crippen LogP contribution in [-0.2, 0) is 13.0 Å². The highest BCUT2D eigenvalue weighted by atomic mass is 35.5. The van der Waals surface area contributed by atoms with Crippen molar-refractivity contribution >= 4 is 23.2 Å². The largest absolute Gasteiger partial charge is 0.488 e. The van der Waals surface area contributed by atoms with E-state index in [4.69, 9.17) is 16.3 Å². The van der Waals surface area contributed by atoms with Crippen molar-refractivity contribution in [3.8, 4) is 5.75 Å². The third-order valence-corrected chi connectivity index (χ3v) is 4.78. The summed E-state index contributed by atoms with van der Waals surface area (Å²) in [4.78, 5) is 15.0. The Bertz CT molecular complexity index is 940. The molecule has 0 N–H and O–H groups in total. The van der Waals surface area contributed by atoms with Crippen LogP contribution in [0.25, 0.3) is 0 Å². The van der Waals surface area contributed by atoms with Gasteiger partial charge in [0.25, 0.3) is 5.91 Å². The highest BCUT2D eigenvalue weighted by Gasteiger charge is 2.27. The van der Waals surface area contributed by atoms with Gasteiger partial charge in [-0.05, 0) is 41.8 Å². The first-order chi connectivity index (χ1) is 12.7. The number of halogens is 1. The first-order valence-electron chi connectivity index (χ1n) is 8.58. The first kappa shape index (κ1) is 16.7. The van der Waals surface area contributed by atoms with Crippen LogP contribution in [0.15, 0.2) is 72.8 Å². The van der Waals surface area contributed by atoms with E-state index in [0.717, 1.165) is 17.7 Å². The number of ether oxygens (including phenoxy) is 1. The monoisotopic (exact) mass is 363 g/mol. The van der Waals surface area contributed by atoms with E-state index in [2.05, 4.69) is 6.07 Å². The van der Waals surface area contributed by atoms with Crippen molar-refractivity contribution in [3.05, 3.63) is 94.5 Å². The van der Waals surface area contributed by atoms with Gasteiger partial charge >= 0.3 is 0 Å². The molecule has 1 amide bonds. The number of fused-ring (bicyclic) bond motifs is 1. The second kappa shape index (κ2) is 7.22. The number of anilines is 1. The molecule has 3 nitrogen and oxygen atoms in total. The van der Waals surface area contributed by atoms with Crippen molar-refractivity contribution in [2.24, 2.45) is 0 Å². The number of rotatable bonds is 4. The Balaban J connectivity index is 1.61. The van der Waals surface area contributed by atoms with Crippen molar-refractivity contribution in [2.45, 2.75) is 13.0 Å². The molecule has 0 saturated carbocycles. The average molecular weight is 364 g/mol. The van der Waals surface area contributed by atoms with E-state index in [1.807, 2.05) is 48.5 Å². The molecule has 0 bridgehead atoms. The minimum atomic E-state index is -0.0829. The first-order valence-corrected chi connectivity index (χ1v) is 8.96. The molecule has 130 valence electrons. The van der Waals surface area contributed by atoms with Gasteiger partial charge in [0.1, 0.15) is 12.4 Å². The zero-order valence-electron chi connectivity index (χ0n) is 14.2. The number of para-hydroxylation sites is 1. The van der Waals surface area contributed by atoms with Gasteiger partial charge in [-0.2, -0.15) is 0 Å². The summed E-state index contributed by atoms with van der Waals surface area (Å²) in [5, 5.41) is 0.521. The van der Waals surface area contributed by atoms with Crippen molar-refractivity contribution in [1.29, 1.82) is 0 Å². The summed E-state index contributed by atoms with van der Waals surface area (Å²) in [5.41, 5.74) is 3.69. The molecule has 0 atom stereocenters. The van der Waals surface area contributed by atoms with Crippen LogP contribution in [0.1, 0.15) is 21.5 Å². The number of carbonyl (C=O) groups is 1. The second-order valence-electron chi connectivity index (χ2n) is 6.25. The summed E-state index contributed by atoms with van der Waals surface area (Å²) in [6.45, 7) is 1.07. The molecule has 0 saturated heterocycles. The van der Waals surface area contributed by atoms with E-state index in [1.165, 1.54) is 5.56 Å². The van der Waals surface area contributed by atoms with Gasteiger partial charge in [0.15, 0.2) is 0 Å². The van der Waals surface area contributed by atoms with Gasteiger partial charge in [-0.3, -0.25) is 4.79 Å². The summed E-state index contributed by atoms with van der Waals surface area (Å²) in [7, 11) is 0. The van der Waals surface area contributed by atoms with Crippen LogP contribution in [0, 0.1) is 0 Å². The summed E-state index contributed by atoms with van der Waals surface area (Å²) >= 11 is 6.16. The Hall–Kier alpha value is -2.78. The van der Waals surface area contributed by atoms with Crippen LogP contribution in [-0.4, -0.2) is 12.5 Å². The van der Waals surface area contributed by atoms with E-state index < -0.39 is 0 Å². The topological polar surface area (TPSA) is 29.5 Å². The van der Waals surface area contributed by atoms with Crippen molar-refractivity contribution in [3.63, 3.8) is 0 Å². The second-order valence-corrected chi connectivity index (χ2v) is 6.69. The lowest BCUT2D eigenvalue weighted by Crippen LogP contribution is -2.29. The molecular weight excluding hydrogens is 346 g/mol.